The third-order valence-electron chi connectivity index (χ3n) is 4.57. The van der Waals surface area contributed by atoms with E-state index < -0.39 is 0 Å². The topological polar surface area (TPSA) is 59.8 Å². The van der Waals surface area contributed by atoms with Gasteiger partial charge in [0.15, 0.2) is 11.0 Å². The first-order valence-corrected chi connectivity index (χ1v) is 10.6. The molecule has 0 spiro atoms. The Hall–Kier alpha value is -2.60. The quantitative estimate of drug-likeness (QED) is 0.575. The van der Waals surface area contributed by atoms with E-state index in [1.807, 2.05) is 4.57 Å². The highest BCUT2D eigenvalue weighted by Gasteiger charge is 2.17. The molecule has 0 radical (unpaired) electrons. The maximum atomic E-state index is 11.7. The van der Waals surface area contributed by atoms with Gasteiger partial charge < -0.3 is 5.32 Å². The number of nitrogens with zero attached hydrogens (tertiary/aromatic N) is 3. The molecule has 0 aliphatic carbocycles. The van der Waals surface area contributed by atoms with E-state index >= 15 is 0 Å². The summed E-state index contributed by atoms with van der Waals surface area (Å²) < 4.78 is 2.03. The van der Waals surface area contributed by atoms with Crippen LogP contribution < -0.4 is 5.32 Å². The van der Waals surface area contributed by atoms with Gasteiger partial charge in [-0.25, -0.2) is 0 Å². The molecule has 0 fully saturated rings. The number of hydrogen-bond donors (Lipinski definition) is 1. The summed E-state index contributed by atoms with van der Waals surface area (Å²) in [5.74, 6) is 1.05. The molecule has 0 aliphatic rings. The molecule has 146 valence electrons. The fourth-order valence-electron chi connectivity index (χ4n) is 2.88. The van der Waals surface area contributed by atoms with Crippen LogP contribution >= 0.6 is 11.8 Å². The average Bonchev–Trinajstić information content (AvgIpc) is 3.15. The standard InChI is InChI=1S/C22H26N4OS/c1-4-5-6-17-9-13-19(14-10-17)26-21(18-11-7-16(2)8-12-18)24-25-22(26)28-15-20(27)23-3/h7-14H,4-6,15H2,1-3H3,(H,23,27). The molecule has 0 saturated heterocycles. The van der Waals surface area contributed by atoms with Crippen LogP contribution in [0.5, 0.6) is 0 Å². The first-order chi connectivity index (χ1) is 13.6. The van der Waals surface area contributed by atoms with Crippen molar-refractivity contribution >= 4 is 17.7 Å². The number of hydrogen-bond acceptors (Lipinski definition) is 4. The summed E-state index contributed by atoms with van der Waals surface area (Å²) in [7, 11) is 1.64. The number of thioether (sulfide) groups is 1. The molecule has 0 bridgehead atoms. The normalized spacial score (nSPS) is 10.8. The summed E-state index contributed by atoms with van der Waals surface area (Å²) >= 11 is 1.39. The first-order valence-electron chi connectivity index (χ1n) is 9.57. The van der Waals surface area contributed by atoms with E-state index in [0.29, 0.717) is 10.9 Å². The molecule has 1 N–H and O–H groups in total. The minimum atomic E-state index is -0.0358. The van der Waals surface area contributed by atoms with Crippen molar-refractivity contribution in [2.75, 3.05) is 12.8 Å². The van der Waals surface area contributed by atoms with Crippen LogP contribution in [0.4, 0.5) is 0 Å². The zero-order valence-corrected chi connectivity index (χ0v) is 17.4. The molecule has 1 aromatic heterocycles. The predicted molar refractivity (Wildman–Crippen MR) is 115 cm³/mol. The highest BCUT2D eigenvalue weighted by Crippen LogP contribution is 2.28. The molecule has 0 unspecified atom stereocenters. The van der Waals surface area contributed by atoms with E-state index in [4.69, 9.17) is 0 Å². The third-order valence-corrected chi connectivity index (χ3v) is 5.50. The SMILES string of the molecule is CCCCc1ccc(-n2c(SCC(=O)NC)nnc2-c2ccc(C)cc2)cc1. The van der Waals surface area contributed by atoms with E-state index in [-0.39, 0.29) is 5.91 Å². The number of unbranched alkanes of at least 4 members (excludes halogenated alkanes) is 1. The Morgan fingerprint density at radius 1 is 1.07 bits per heavy atom. The zero-order chi connectivity index (χ0) is 19.9. The summed E-state index contributed by atoms with van der Waals surface area (Å²) in [4.78, 5) is 11.7. The Morgan fingerprint density at radius 2 is 1.79 bits per heavy atom. The second-order valence-electron chi connectivity index (χ2n) is 6.74. The molecule has 28 heavy (non-hydrogen) atoms. The Kier molecular flexibility index (Phi) is 6.87. The van der Waals surface area contributed by atoms with Crippen molar-refractivity contribution in [1.29, 1.82) is 0 Å². The molecule has 6 heteroatoms. The van der Waals surface area contributed by atoms with E-state index in [9.17, 15) is 4.79 Å². The number of carbonyl (C=O) groups is 1. The van der Waals surface area contributed by atoms with Crippen LogP contribution in [0.1, 0.15) is 30.9 Å². The van der Waals surface area contributed by atoms with Crippen molar-refractivity contribution in [2.24, 2.45) is 0 Å². The Morgan fingerprint density at radius 3 is 2.43 bits per heavy atom. The molecule has 0 aliphatic heterocycles. The lowest BCUT2D eigenvalue weighted by atomic mass is 10.1. The van der Waals surface area contributed by atoms with Crippen LogP contribution in [-0.4, -0.2) is 33.5 Å². The second kappa shape index (κ2) is 9.55. The highest BCUT2D eigenvalue weighted by atomic mass is 32.2. The molecular weight excluding hydrogens is 368 g/mol. The average molecular weight is 395 g/mol. The molecule has 3 aromatic rings. The maximum absolute atomic E-state index is 11.7. The van der Waals surface area contributed by atoms with E-state index in [1.165, 1.54) is 35.7 Å². The summed E-state index contributed by atoms with van der Waals surface area (Å²) in [6, 6.07) is 16.8. The summed E-state index contributed by atoms with van der Waals surface area (Å²) in [5, 5.41) is 12.2. The highest BCUT2D eigenvalue weighted by molar-refractivity contribution is 7.99. The summed E-state index contributed by atoms with van der Waals surface area (Å²) in [6.45, 7) is 4.27. The largest absolute Gasteiger partial charge is 0.358 e. The van der Waals surface area contributed by atoms with Gasteiger partial charge in [-0.2, -0.15) is 0 Å². The molecule has 1 heterocycles. The number of nitrogens with one attached hydrogen (secondary N) is 1. The van der Waals surface area contributed by atoms with Crippen LogP contribution in [0.2, 0.25) is 0 Å². The molecule has 5 nitrogen and oxygen atoms in total. The van der Waals surface area contributed by atoms with E-state index in [1.54, 1.807) is 7.05 Å². The Balaban J connectivity index is 1.98. The van der Waals surface area contributed by atoms with Gasteiger partial charge in [-0.1, -0.05) is 67.1 Å². The van der Waals surface area contributed by atoms with Gasteiger partial charge in [-0.15, -0.1) is 10.2 Å². The minimum absolute atomic E-state index is 0.0358. The first kappa shape index (κ1) is 20.1. The van der Waals surface area contributed by atoms with Crippen LogP contribution in [0, 0.1) is 6.92 Å². The molecular formula is C22H26N4OS. The van der Waals surface area contributed by atoms with Gasteiger partial charge >= 0.3 is 0 Å². The van der Waals surface area contributed by atoms with Gasteiger partial charge in [0.2, 0.25) is 5.91 Å². The van der Waals surface area contributed by atoms with Crippen molar-refractivity contribution in [2.45, 2.75) is 38.3 Å². The zero-order valence-electron chi connectivity index (χ0n) is 16.6. The number of amides is 1. The van der Waals surface area contributed by atoms with Gasteiger partial charge in [0.1, 0.15) is 0 Å². The van der Waals surface area contributed by atoms with Gasteiger partial charge in [-0.05, 0) is 37.5 Å². The summed E-state index contributed by atoms with van der Waals surface area (Å²) in [5.41, 5.74) is 4.53. The molecule has 1 amide bonds. The lowest BCUT2D eigenvalue weighted by Crippen LogP contribution is -2.20. The smallest absolute Gasteiger partial charge is 0.230 e. The predicted octanol–water partition coefficient (Wildman–Crippen LogP) is 4.42. The Labute approximate surface area is 170 Å². The maximum Gasteiger partial charge on any atom is 0.230 e. The second-order valence-corrected chi connectivity index (χ2v) is 7.68. The molecule has 3 rings (SSSR count). The fourth-order valence-corrected chi connectivity index (χ4v) is 3.70. The van der Waals surface area contributed by atoms with Crippen molar-refractivity contribution in [3.05, 3.63) is 59.7 Å². The van der Waals surface area contributed by atoms with Gasteiger partial charge in [0.25, 0.3) is 0 Å². The van der Waals surface area contributed by atoms with Gasteiger partial charge in [-0.3, -0.25) is 9.36 Å². The van der Waals surface area contributed by atoms with Gasteiger partial charge in [0, 0.05) is 18.3 Å². The minimum Gasteiger partial charge on any atom is -0.358 e. The van der Waals surface area contributed by atoms with Crippen LogP contribution in [0.3, 0.4) is 0 Å². The lowest BCUT2D eigenvalue weighted by Gasteiger charge is -2.11. The lowest BCUT2D eigenvalue weighted by molar-refractivity contribution is -0.118. The number of benzene rings is 2. The molecule has 2 aromatic carbocycles. The molecule has 0 saturated carbocycles. The van der Waals surface area contributed by atoms with Crippen molar-refractivity contribution in [1.82, 2.24) is 20.1 Å². The number of carbonyl (C=O) groups excluding carboxylic acids is 1. The van der Waals surface area contributed by atoms with Crippen LogP contribution in [0.15, 0.2) is 53.7 Å². The van der Waals surface area contributed by atoms with Crippen molar-refractivity contribution in [3.63, 3.8) is 0 Å². The number of aromatic nitrogens is 3. The third kappa shape index (κ3) is 4.81. The molecule has 0 atom stereocenters. The number of rotatable bonds is 8. The monoisotopic (exact) mass is 394 g/mol. The van der Waals surface area contributed by atoms with Crippen LogP contribution in [-0.2, 0) is 11.2 Å². The van der Waals surface area contributed by atoms with Crippen LogP contribution in [0.25, 0.3) is 17.1 Å². The van der Waals surface area contributed by atoms with Crippen molar-refractivity contribution < 1.29 is 4.79 Å². The van der Waals surface area contributed by atoms with E-state index in [0.717, 1.165) is 23.5 Å². The van der Waals surface area contributed by atoms with Gasteiger partial charge in [0.05, 0.1) is 5.75 Å². The van der Waals surface area contributed by atoms with Crippen molar-refractivity contribution in [3.8, 4) is 17.1 Å². The fraction of sp³-hybridized carbons (Fsp3) is 0.318. The summed E-state index contributed by atoms with van der Waals surface area (Å²) in [6.07, 6.45) is 3.46. The van der Waals surface area contributed by atoms with E-state index in [2.05, 4.69) is 77.9 Å². The number of aryl methyl sites for hydroxylation is 2. The Bertz CT molecular complexity index is 917.